The highest BCUT2D eigenvalue weighted by molar-refractivity contribution is 5.79. The summed E-state index contributed by atoms with van der Waals surface area (Å²) >= 11 is 0. The van der Waals surface area contributed by atoms with Gasteiger partial charge in [-0.25, -0.2) is 0 Å². The van der Waals surface area contributed by atoms with E-state index in [1.807, 2.05) is 25.1 Å². The molecule has 0 spiro atoms. The average Bonchev–Trinajstić information content (AvgIpc) is 2.43. The number of hydrogen-bond acceptors (Lipinski definition) is 4. The van der Waals surface area contributed by atoms with Gasteiger partial charge in [-0.15, -0.1) is 0 Å². The van der Waals surface area contributed by atoms with Gasteiger partial charge in [0.15, 0.2) is 0 Å². The Hall–Kier alpha value is -1.75. The summed E-state index contributed by atoms with van der Waals surface area (Å²) in [6.45, 7) is 4.40. The number of ether oxygens (including phenoxy) is 1. The van der Waals surface area contributed by atoms with E-state index in [1.165, 1.54) is 5.56 Å². The van der Waals surface area contributed by atoms with Crippen molar-refractivity contribution in [3.63, 3.8) is 0 Å². The predicted molar refractivity (Wildman–Crippen MR) is 76.6 cm³/mol. The van der Waals surface area contributed by atoms with Crippen molar-refractivity contribution in [3.8, 4) is 5.75 Å². The summed E-state index contributed by atoms with van der Waals surface area (Å²) < 4.78 is 5.45. The zero-order valence-electron chi connectivity index (χ0n) is 11.4. The van der Waals surface area contributed by atoms with E-state index < -0.39 is 0 Å². The number of rotatable bonds is 9. The molecule has 0 amide bonds. The van der Waals surface area contributed by atoms with Gasteiger partial charge in [-0.1, -0.05) is 17.3 Å². The summed E-state index contributed by atoms with van der Waals surface area (Å²) in [6.07, 6.45) is 2.56. The summed E-state index contributed by atoms with van der Waals surface area (Å²) in [5.74, 6) is 1.21. The second kappa shape index (κ2) is 9.22. The van der Waals surface area contributed by atoms with E-state index in [0.717, 1.165) is 31.7 Å². The van der Waals surface area contributed by atoms with Crippen LogP contribution in [0.3, 0.4) is 0 Å². The smallest absolute Gasteiger partial charge is 0.139 e. The Balaban J connectivity index is 2.17. The van der Waals surface area contributed by atoms with Crippen LogP contribution in [0.15, 0.2) is 29.4 Å². The molecule has 0 bridgehead atoms. The van der Waals surface area contributed by atoms with Crippen LogP contribution in [0.4, 0.5) is 0 Å². The lowest BCUT2D eigenvalue weighted by atomic mass is 10.2. The monoisotopic (exact) mass is 265 g/mol. The van der Waals surface area contributed by atoms with Gasteiger partial charge in [-0.05, 0) is 44.0 Å². The first-order chi connectivity index (χ1) is 9.26. The third-order valence-electron chi connectivity index (χ3n) is 2.70. The van der Waals surface area contributed by atoms with Gasteiger partial charge in [0, 0.05) is 13.0 Å². The molecule has 0 aliphatic rings. The molecule has 4 N–H and O–H groups in total. The van der Waals surface area contributed by atoms with Gasteiger partial charge in [0.1, 0.15) is 11.6 Å². The summed E-state index contributed by atoms with van der Waals surface area (Å²) in [7, 11) is 0. The molecule has 0 saturated heterocycles. The lowest BCUT2D eigenvalue weighted by Crippen LogP contribution is -2.16. The molecule has 0 aliphatic carbocycles. The molecule has 0 radical (unpaired) electrons. The molecule has 5 nitrogen and oxygen atoms in total. The van der Waals surface area contributed by atoms with E-state index >= 15 is 0 Å². The van der Waals surface area contributed by atoms with Crippen molar-refractivity contribution < 1.29 is 9.94 Å². The Bertz CT molecular complexity index is 394. The van der Waals surface area contributed by atoms with Crippen molar-refractivity contribution in [1.29, 1.82) is 0 Å². The van der Waals surface area contributed by atoms with Gasteiger partial charge in [-0.3, -0.25) is 0 Å². The van der Waals surface area contributed by atoms with Crippen LogP contribution in [0.5, 0.6) is 5.75 Å². The molecule has 0 unspecified atom stereocenters. The Morgan fingerprint density at radius 1 is 1.42 bits per heavy atom. The molecule has 1 rings (SSSR count). The van der Waals surface area contributed by atoms with E-state index in [2.05, 4.69) is 16.5 Å². The maximum atomic E-state index is 8.39. The van der Waals surface area contributed by atoms with Crippen LogP contribution in [0.2, 0.25) is 0 Å². The molecule has 5 heteroatoms. The number of nitrogens with two attached hydrogens (primary N) is 1. The van der Waals surface area contributed by atoms with Gasteiger partial charge in [0.25, 0.3) is 0 Å². The molecule has 0 aliphatic heterocycles. The SMILES string of the molecule is CCOc1cccc(CNCCCCC(N)=NO)c1. The van der Waals surface area contributed by atoms with Crippen molar-refractivity contribution in [2.45, 2.75) is 32.7 Å². The van der Waals surface area contributed by atoms with E-state index in [4.69, 9.17) is 15.7 Å². The minimum atomic E-state index is 0.296. The van der Waals surface area contributed by atoms with E-state index in [-0.39, 0.29) is 0 Å². The first-order valence-corrected chi connectivity index (χ1v) is 6.65. The summed E-state index contributed by atoms with van der Waals surface area (Å²) in [5, 5.41) is 14.7. The Kier molecular flexibility index (Phi) is 7.43. The molecule has 0 saturated carbocycles. The minimum absolute atomic E-state index is 0.296. The fourth-order valence-electron chi connectivity index (χ4n) is 1.75. The van der Waals surface area contributed by atoms with E-state index in [1.54, 1.807) is 0 Å². The van der Waals surface area contributed by atoms with E-state index in [9.17, 15) is 0 Å². The summed E-state index contributed by atoms with van der Waals surface area (Å²) in [5.41, 5.74) is 6.60. The number of unbranched alkanes of at least 4 members (excludes halogenated alkanes) is 1. The molecule has 1 aromatic rings. The van der Waals surface area contributed by atoms with Crippen molar-refractivity contribution in [3.05, 3.63) is 29.8 Å². The number of oxime groups is 1. The Morgan fingerprint density at radius 3 is 3.00 bits per heavy atom. The highest BCUT2D eigenvalue weighted by Crippen LogP contribution is 2.12. The minimum Gasteiger partial charge on any atom is -0.494 e. The molecule has 19 heavy (non-hydrogen) atoms. The lowest BCUT2D eigenvalue weighted by molar-refractivity contribution is 0.316. The third-order valence-corrected chi connectivity index (χ3v) is 2.70. The second-order valence-electron chi connectivity index (χ2n) is 4.31. The largest absolute Gasteiger partial charge is 0.494 e. The molecule has 0 fully saturated rings. The van der Waals surface area contributed by atoms with Crippen molar-refractivity contribution >= 4 is 5.84 Å². The van der Waals surface area contributed by atoms with E-state index in [0.29, 0.717) is 18.9 Å². The van der Waals surface area contributed by atoms with Gasteiger partial charge in [-0.2, -0.15) is 0 Å². The number of nitrogens with one attached hydrogen (secondary N) is 1. The van der Waals surface area contributed by atoms with Crippen molar-refractivity contribution in [2.24, 2.45) is 10.9 Å². The number of nitrogens with zero attached hydrogens (tertiary/aromatic N) is 1. The molecular weight excluding hydrogens is 242 g/mol. The number of benzene rings is 1. The van der Waals surface area contributed by atoms with Gasteiger partial charge in [0.2, 0.25) is 0 Å². The average molecular weight is 265 g/mol. The fraction of sp³-hybridized carbons (Fsp3) is 0.500. The molecule has 106 valence electrons. The normalized spacial score (nSPS) is 11.5. The van der Waals surface area contributed by atoms with Crippen LogP contribution in [-0.2, 0) is 6.54 Å². The number of hydrogen-bond donors (Lipinski definition) is 3. The zero-order chi connectivity index (χ0) is 13.9. The molecule has 1 aromatic carbocycles. The molecule has 0 atom stereocenters. The first kappa shape index (κ1) is 15.3. The quantitative estimate of drug-likeness (QED) is 0.210. The van der Waals surface area contributed by atoms with Crippen molar-refractivity contribution in [2.75, 3.05) is 13.2 Å². The first-order valence-electron chi connectivity index (χ1n) is 6.65. The lowest BCUT2D eigenvalue weighted by Gasteiger charge is -2.07. The maximum absolute atomic E-state index is 8.39. The maximum Gasteiger partial charge on any atom is 0.139 e. The Labute approximate surface area is 114 Å². The standard InChI is InChI=1S/C14H23N3O2/c1-2-19-13-7-5-6-12(10-13)11-16-9-4-3-8-14(15)17-18/h5-7,10,16,18H,2-4,8-9,11H2,1H3,(H2,15,17). The van der Waals surface area contributed by atoms with Gasteiger partial charge >= 0.3 is 0 Å². The van der Waals surface area contributed by atoms with Crippen LogP contribution in [0, 0.1) is 0 Å². The Morgan fingerprint density at radius 2 is 2.26 bits per heavy atom. The summed E-state index contributed by atoms with van der Waals surface area (Å²) in [4.78, 5) is 0. The van der Waals surface area contributed by atoms with Crippen molar-refractivity contribution in [1.82, 2.24) is 5.32 Å². The molecule has 0 aromatic heterocycles. The summed E-state index contributed by atoms with van der Waals surface area (Å²) in [6, 6.07) is 8.09. The fourth-order valence-corrected chi connectivity index (χ4v) is 1.75. The molecule has 0 heterocycles. The second-order valence-corrected chi connectivity index (χ2v) is 4.31. The van der Waals surface area contributed by atoms with Crippen LogP contribution in [-0.4, -0.2) is 24.2 Å². The highest BCUT2D eigenvalue weighted by atomic mass is 16.5. The van der Waals surface area contributed by atoms with Crippen LogP contribution in [0.25, 0.3) is 0 Å². The van der Waals surface area contributed by atoms with Crippen LogP contribution in [0.1, 0.15) is 31.7 Å². The van der Waals surface area contributed by atoms with Gasteiger partial charge < -0.3 is 21.0 Å². The molecular formula is C14H23N3O2. The highest BCUT2D eigenvalue weighted by Gasteiger charge is 1.97. The number of amidine groups is 1. The van der Waals surface area contributed by atoms with Crippen LogP contribution >= 0.6 is 0 Å². The predicted octanol–water partition coefficient (Wildman–Crippen LogP) is 2.09. The topological polar surface area (TPSA) is 79.9 Å². The zero-order valence-corrected chi connectivity index (χ0v) is 11.4. The third kappa shape index (κ3) is 6.67. The van der Waals surface area contributed by atoms with Crippen LogP contribution < -0.4 is 15.8 Å². The van der Waals surface area contributed by atoms with Gasteiger partial charge in [0.05, 0.1) is 6.61 Å².